The van der Waals surface area contributed by atoms with E-state index in [4.69, 9.17) is 9.47 Å². The van der Waals surface area contributed by atoms with Gasteiger partial charge in [-0.25, -0.2) is 0 Å². The fraction of sp³-hybridized carbons (Fsp3) is 0.714. The first-order valence-electron chi connectivity index (χ1n) is 3.53. The van der Waals surface area contributed by atoms with Crippen LogP contribution in [0.1, 0.15) is 0 Å². The molecule has 5 atom stereocenters. The molecule has 2 aliphatic heterocycles. The first-order valence-corrected chi connectivity index (χ1v) is 3.53. The molecule has 54 valence electrons. The van der Waals surface area contributed by atoms with Crippen molar-refractivity contribution >= 4 is 0 Å². The molecule has 0 spiro atoms. The molecule has 3 rings (SSSR count). The molecule has 2 heterocycles. The summed E-state index contributed by atoms with van der Waals surface area (Å²) >= 11 is 0. The molecule has 1 aliphatic carbocycles. The van der Waals surface area contributed by atoms with E-state index in [1.807, 2.05) is 6.08 Å². The van der Waals surface area contributed by atoms with Crippen LogP contribution in [0.4, 0.5) is 0 Å². The molecule has 0 radical (unpaired) electrons. The first kappa shape index (κ1) is 5.29. The van der Waals surface area contributed by atoms with Gasteiger partial charge in [-0.15, -0.1) is 0 Å². The van der Waals surface area contributed by atoms with E-state index in [0.717, 1.165) is 0 Å². The van der Waals surface area contributed by atoms with Crippen LogP contribution in [0.25, 0.3) is 0 Å². The highest BCUT2D eigenvalue weighted by Gasteiger charge is 2.60. The summed E-state index contributed by atoms with van der Waals surface area (Å²) in [4.78, 5) is 0. The maximum atomic E-state index is 9.27. The van der Waals surface area contributed by atoms with Gasteiger partial charge in [0, 0.05) is 0 Å². The second-order valence-corrected chi connectivity index (χ2v) is 3.01. The van der Waals surface area contributed by atoms with Gasteiger partial charge in [-0.2, -0.15) is 0 Å². The molecule has 0 bridgehead atoms. The Balaban J connectivity index is 1.91. The molecule has 0 saturated carbocycles. The van der Waals surface area contributed by atoms with Crippen molar-refractivity contribution in [1.29, 1.82) is 0 Å². The monoisotopic (exact) mass is 140 g/mol. The fourth-order valence-corrected chi connectivity index (χ4v) is 1.56. The molecule has 3 aliphatic rings. The van der Waals surface area contributed by atoms with E-state index in [1.165, 1.54) is 0 Å². The van der Waals surface area contributed by atoms with Crippen molar-refractivity contribution in [2.45, 2.75) is 30.5 Å². The number of hydrogen-bond donors (Lipinski definition) is 1. The van der Waals surface area contributed by atoms with Gasteiger partial charge >= 0.3 is 0 Å². The van der Waals surface area contributed by atoms with Crippen LogP contribution in [0.2, 0.25) is 0 Å². The summed E-state index contributed by atoms with van der Waals surface area (Å²) < 4.78 is 10.4. The molecular weight excluding hydrogens is 132 g/mol. The third kappa shape index (κ3) is 0.551. The molecule has 0 aromatic rings. The van der Waals surface area contributed by atoms with Crippen molar-refractivity contribution in [3.8, 4) is 0 Å². The van der Waals surface area contributed by atoms with Crippen LogP contribution in [0, 0.1) is 0 Å². The largest absolute Gasteiger partial charge is 0.386 e. The molecule has 3 heteroatoms. The van der Waals surface area contributed by atoms with Crippen LogP contribution in [-0.2, 0) is 9.47 Å². The Hall–Kier alpha value is -0.380. The third-order valence-corrected chi connectivity index (χ3v) is 2.28. The van der Waals surface area contributed by atoms with Crippen LogP contribution >= 0.6 is 0 Å². The summed E-state index contributed by atoms with van der Waals surface area (Å²) in [6.45, 7) is 0. The molecule has 10 heavy (non-hydrogen) atoms. The lowest BCUT2D eigenvalue weighted by molar-refractivity contribution is 0.177. The van der Waals surface area contributed by atoms with Gasteiger partial charge in [0.25, 0.3) is 0 Å². The molecule has 2 saturated heterocycles. The van der Waals surface area contributed by atoms with E-state index in [9.17, 15) is 5.11 Å². The van der Waals surface area contributed by atoms with Gasteiger partial charge in [0.1, 0.15) is 30.5 Å². The zero-order valence-corrected chi connectivity index (χ0v) is 5.31. The van der Waals surface area contributed by atoms with Crippen molar-refractivity contribution in [2.75, 3.05) is 0 Å². The Morgan fingerprint density at radius 1 is 1.00 bits per heavy atom. The predicted molar refractivity (Wildman–Crippen MR) is 32.5 cm³/mol. The van der Waals surface area contributed by atoms with Crippen molar-refractivity contribution in [2.24, 2.45) is 0 Å². The highest BCUT2D eigenvalue weighted by atomic mass is 16.7. The standard InChI is InChI=1S/C7H8O3/c8-3-1-2-4-6(9-4)7-5(3)10-7/h1-8H/t3-,4?,5-,6?,7-/m1/s1. The third-order valence-electron chi connectivity index (χ3n) is 2.28. The van der Waals surface area contributed by atoms with Crippen LogP contribution < -0.4 is 0 Å². The van der Waals surface area contributed by atoms with Crippen LogP contribution in [-0.4, -0.2) is 35.6 Å². The van der Waals surface area contributed by atoms with Crippen molar-refractivity contribution < 1.29 is 14.6 Å². The zero-order valence-electron chi connectivity index (χ0n) is 5.31. The topological polar surface area (TPSA) is 45.3 Å². The minimum Gasteiger partial charge on any atom is -0.386 e. The summed E-state index contributed by atoms with van der Waals surface area (Å²) in [5.74, 6) is 0. The number of fused-ring (bicyclic) bond motifs is 3. The maximum absolute atomic E-state index is 9.27. The van der Waals surface area contributed by atoms with E-state index in [-0.39, 0.29) is 24.4 Å². The summed E-state index contributed by atoms with van der Waals surface area (Å²) in [6.07, 6.45) is 3.96. The lowest BCUT2D eigenvalue weighted by Gasteiger charge is -1.96. The molecule has 0 aromatic heterocycles. The number of ether oxygens (including phenoxy) is 2. The minimum absolute atomic E-state index is 0.0220. The summed E-state index contributed by atoms with van der Waals surface area (Å²) in [6, 6.07) is 0. The maximum Gasteiger partial charge on any atom is 0.117 e. The summed E-state index contributed by atoms with van der Waals surface area (Å²) in [5.41, 5.74) is 0. The van der Waals surface area contributed by atoms with E-state index in [2.05, 4.69) is 0 Å². The van der Waals surface area contributed by atoms with E-state index in [0.29, 0.717) is 0 Å². The van der Waals surface area contributed by atoms with Gasteiger partial charge in [-0.3, -0.25) is 0 Å². The fourth-order valence-electron chi connectivity index (χ4n) is 1.56. The Morgan fingerprint density at radius 2 is 1.90 bits per heavy atom. The quantitative estimate of drug-likeness (QED) is 0.363. The van der Waals surface area contributed by atoms with Crippen molar-refractivity contribution in [3.05, 3.63) is 12.2 Å². The average Bonchev–Trinajstić information content (AvgIpc) is 2.71. The normalized spacial score (nSPS) is 62.3. The highest BCUT2D eigenvalue weighted by molar-refractivity contribution is 5.19. The van der Waals surface area contributed by atoms with Crippen molar-refractivity contribution in [3.63, 3.8) is 0 Å². The SMILES string of the molecule is O[C@@H]1C=CC2OC2[C@@H]2O[C@H]12. The Bertz CT molecular complexity index is 201. The molecule has 2 fully saturated rings. The van der Waals surface area contributed by atoms with E-state index < -0.39 is 6.10 Å². The van der Waals surface area contributed by atoms with Gasteiger partial charge in [0.2, 0.25) is 0 Å². The molecule has 0 aromatic carbocycles. The van der Waals surface area contributed by atoms with Gasteiger partial charge in [-0.1, -0.05) is 12.2 Å². The smallest absolute Gasteiger partial charge is 0.117 e. The summed E-state index contributed by atoms with van der Waals surface area (Å²) in [7, 11) is 0. The van der Waals surface area contributed by atoms with E-state index in [1.54, 1.807) is 6.08 Å². The number of hydrogen-bond acceptors (Lipinski definition) is 3. The molecule has 3 nitrogen and oxygen atoms in total. The Labute approximate surface area is 58.2 Å². The van der Waals surface area contributed by atoms with Crippen LogP contribution in [0.5, 0.6) is 0 Å². The van der Waals surface area contributed by atoms with Gasteiger partial charge in [-0.05, 0) is 0 Å². The van der Waals surface area contributed by atoms with Crippen molar-refractivity contribution in [1.82, 2.24) is 0 Å². The van der Waals surface area contributed by atoms with Gasteiger partial charge in [0.15, 0.2) is 0 Å². The van der Waals surface area contributed by atoms with Crippen LogP contribution in [0.15, 0.2) is 12.2 Å². The Kier molecular flexibility index (Phi) is 0.764. The van der Waals surface area contributed by atoms with Gasteiger partial charge in [0.05, 0.1) is 0 Å². The van der Waals surface area contributed by atoms with E-state index >= 15 is 0 Å². The number of rotatable bonds is 0. The number of aliphatic hydroxyl groups is 1. The first-order chi connectivity index (χ1) is 4.86. The molecular formula is C7H8O3. The van der Waals surface area contributed by atoms with Crippen LogP contribution in [0.3, 0.4) is 0 Å². The average molecular weight is 140 g/mol. The molecule has 0 amide bonds. The Morgan fingerprint density at radius 3 is 2.80 bits per heavy atom. The lowest BCUT2D eigenvalue weighted by Crippen LogP contribution is -2.14. The predicted octanol–water partition coefficient (Wildman–Crippen LogP) is -0.548. The zero-order chi connectivity index (χ0) is 6.72. The minimum atomic E-state index is -0.401. The molecule has 2 unspecified atom stereocenters. The lowest BCUT2D eigenvalue weighted by atomic mass is 10.2. The second kappa shape index (κ2) is 1.44. The van der Waals surface area contributed by atoms with Gasteiger partial charge < -0.3 is 14.6 Å². The summed E-state index contributed by atoms with van der Waals surface area (Å²) in [5, 5.41) is 9.27. The number of epoxide rings is 2. The number of aliphatic hydroxyl groups excluding tert-OH is 1. The highest BCUT2D eigenvalue weighted by Crippen LogP contribution is 2.43. The second-order valence-electron chi connectivity index (χ2n) is 3.01. The molecule has 1 N–H and O–H groups in total.